The molecule has 0 fully saturated rings. The smallest absolute Gasteiger partial charge is 0.379 e. The first-order chi connectivity index (χ1) is 13.5. The van der Waals surface area contributed by atoms with Crippen LogP contribution in [-0.2, 0) is 11.2 Å². The molecule has 8 nitrogen and oxygen atoms in total. The minimum atomic E-state index is -0.630. The van der Waals surface area contributed by atoms with E-state index in [1.54, 1.807) is 24.3 Å². The standard InChI is InChI=1S/C19H17N3O5S/c1-12-11-28-18(21-12)9-17(23)22-20-10-13-5-6-14(16(8-13)25-2)27-19(24)15-4-3-7-26-15/h3-8,10-11H,9H2,1-2H3,(H,22,23)/b20-10-. The van der Waals surface area contributed by atoms with Crippen LogP contribution in [0.25, 0.3) is 0 Å². The van der Waals surface area contributed by atoms with Crippen LogP contribution in [0, 0.1) is 6.92 Å². The van der Waals surface area contributed by atoms with E-state index in [2.05, 4.69) is 15.5 Å². The number of esters is 1. The molecule has 2 aromatic heterocycles. The molecule has 9 heteroatoms. The molecule has 0 radical (unpaired) electrons. The lowest BCUT2D eigenvalue weighted by Crippen LogP contribution is -2.19. The van der Waals surface area contributed by atoms with Crippen LogP contribution in [0.5, 0.6) is 11.5 Å². The summed E-state index contributed by atoms with van der Waals surface area (Å²) in [5.41, 5.74) is 3.99. The molecule has 0 aliphatic heterocycles. The molecule has 2 heterocycles. The largest absolute Gasteiger partial charge is 0.493 e. The maximum Gasteiger partial charge on any atom is 0.379 e. The number of amides is 1. The summed E-state index contributed by atoms with van der Waals surface area (Å²) in [6, 6.07) is 7.97. The van der Waals surface area contributed by atoms with Gasteiger partial charge in [-0.25, -0.2) is 15.2 Å². The molecule has 144 valence electrons. The molecule has 0 saturated carbocycles. The molecule has 1 N–H and O–H groups in total. The Balaban J connectivity index is 1.60. The van der Waals surface area contributed by atoms with Gasteiger partial charge in [-0.1, -0.05) is 0 Å². The molecule has 28 heavy (non-hydrogen) atoms. The number of hydrazone groups is 1. The van der Waals surface area contributed by atoms with Gasteiger partial charge in [0.25, 0.3) is 0 Å². The van der Waals surface area contributed by atoms with E-state index in [1.165, 1.54) is 37.0 Å². The number of thiazole rings is 1. The van der Waals surface area contributed by atoms with Crippen LogP contribution >= 0.6 is 11.3 Å². The highest BCUT2D eigenvalue weighted by molar-refractivity contribution is 7.09. The van der Waals surface area contributed by atoms with Crippen LogP contribution in [0.1, 0.15) is 26.8 Å². The number of benzene rings is 1. The fourth-order valence-corrected chi connectivity index (χ4v) is 3.00. The number of furan rings is 1. The van der Waals surface area contributed by atoms with E-state index < -0.39 is 5.97 Å². The summed E-state index contributed by atoms with van der Waals surface area (Å²) in [6.45, 7) is 1.87. The summed E-state index contributed by atoms with van der Waals surface area (Å²) in [5.74, 6) is -0.223. The summed E-state index contributed by atoms with van der Waals surface area (Å²) >= 11 is 1.43. The number of carbonyl (C=O) groups excluding carboxylic acids is 2. The van der Waals surface area contributed by atoms with Gasteiger partial charge in [-0.05, 0) is 42.8 Å². The molecule has 0 aliphatic carbocycles. The van der Waals surface area contributed by atoms with Gasteiger partial charge in [0.1, 0.15) is 5.01 Å². The first-order valence-electron chi connectivity index (χ1n) is 8.22. The van der Waals surface area contributed by atoms with Gasteiger partial charge in [0, 0.05) is 11.1 Å². The third kappa shape index (κ3) is 5.04. The van der Waals surface area contributed by atoms with Crippen molar-refractivity contribution in [1.29, 1.82) is 0 Å². The number of aryl methyl sites for hydroxylation is 1. The fraction of sp³-hybridized carbons (Fsp3) is 0.158. The second-order valence-corrected chi connectivity index (χ2v) is 6.57. The lowest BCUT2D eigenvalue weighted by molar-refractivity contribution is -0.120. The highest BCUT2D eigenvalue weighted by Crippen LogP contribution is 2.28. The zero-order valence-electron chi connectivity index (χ0n) is 15.2. The number of nitrogens with zero attached hydrogens (tertiary/aromatic N) is 2. The number of methoxy groups -OCH3 is 1. The van der Waals surface area contributed by atoms with E-state index in [1.807, 2.05) is 12.3 Å². The quantitative estimate of drug-likeness (QED) is 0.284. The molecule has 0 unspecified atom stereocenters. The molecule has 0 spiro atoms. The van der Waals surface area contributed by atoms with Crippen molar-refractivity contribution in [1.82, 2.24) is 10.4 Å². The van der Waals surface area contributed by atoms with Crippen molar-refractivity contribution in [3.63, 3.8) is 0 Å². The Morgan fingerprint density at radius 1 is 1.32 bits per heavy atom. The molecule has 3 aromatic rings. The maximum atomic E-state index is 12.0. The van der Waals surface area contributed by atoms with E-state index >= 15 is 0 Å². The predicted octanol–water partition coefficient (Wildman–Crippen LogP) is 2.97. The minimum Gasteiger partial charge on any atom is -0.493 e. The Bertz CT molecular complexity index is 995. The minimum absolute atomic E-state index is 0.0887. The van der Waals surface area contributed by atoms with Crippen LogP contribution in [0.4, 0.5) is 0 Å². The van der Waals surface area contributed by atoms with Gasteiger partial charge in [0.2, 0.25) is 11.7 Å². The number of rotatable bonds is 7. The van der Waals surface area contributed by atoms with Crippen molar-refractivity contribution in [3.05, 3.63) is 64.0 Å². The third-order valence-corrected chi connectivity index (χ3v) is 4.46. The molecule has 0 atom stereocenters. The van der Waals surface area contributed by atoms with Crippen LogP contribution < -0.4 is 14.9 Å². The molecule has 3 rings (SSSR count). The molecule has 1 amide bonds. The summed E-state index contributed by atoms with van der Waals surface area (Å²) in [6.07, 6.45) is 3.02. The Hall–Kier alpha value is -3.46. The van der Waals surface area contributed by atoms with Crippen LogP contribution in [-0.4, -0.2) is 30.2 Å². The van der Waals surface area contributed by atoms with Crippen molar-refractivity contribution in [2.45, 2.75) is 13.3 Å². The molecule has 0 bridgehead atoms. The van der Waals surface area contributed by atoms with Gasteiger partial charge in [0.15, 0.2) is 11.5 Å². The second kappa shape index (κ2) is 8.96. The zero-order chi connectivity index (χ0) is 19.9. The van der Waals surface area contributed by atoms with Gasteiger partial charge < -0.3 is 13.9 Å². The van der Waals surface area contributed by atoms with E-state index in [0.29, 0.717) is 11.3 Å². The van der Waals surface area contributed by atoms with Gasteiger partial charge in [-0.3, -0.25) is 4.79 Å². The average Bonchev–Trinajstić information content (AvgIpc) is 3.34. The van der Waals surface area contributed by atoms with Crippen molar-refractivity contribution < 1.29 is 23.5 Å². The van der Waals surface area contributed by atoms with Gasteiger partial charge in [0.05, 0.1) is 26.0 Å². The third-order valence-electron chi connectivity index (χ3n) is 3.49. The highest BCUT2D eigenvalue weighted by Gasteiger charge is 2.15. The first-order valence-corrected chi connectivity index (χ1v) is 9.10. The van der Waals surface area contributed by atoms with E-state index in [9.17, 15) is 9.59 Å². The first kappa shape index (κ1) is 19.3. The van der Waals surface area contributed by atoms with Gasteiger partial charge >= 0.3 is 5.97 Å². The summed E-state index contributed by atoms with van der Waals surface area (Å²) < 4.78 is 15.5. The van der Waals surface area contributed by atoms with E-state index in [0.717, 1.165) is 10.7 Å². The fourth-order valence-electron chi connectivity index (χ4n) is 2.23. The summed E-state index contributed by atoms with van der Waals surface area (Å²) in [4.78, 5) is 28.1. The average molecular weight is 399 g/mol. The normalized spacial score (nSPS) is 10.8. The van der Waals surface area contributed by atoms with Crippen LogP contribution in [0.2, 0.25) is 0 Å². The monoisotopic (exact) mass is 399 g/mol. The number of aromatic nitrogens is 1. The predicted molar refractivity (Wildman–Crippen MR) is 103 cm³/mol. The highest BCUT2D eigenvalue weighted by atomic mass is 32.1. The van der Waals surface area contributed by atoms with Crippen LogP contribution in [0.15, 0.2) is 51.5 Å². The molecule has 1 aromatic carbocycles. The molecule has 0 saturated heterocycles. The number of hydrogen-bond donors (Lipinski definition) is 1. The Morgan fingerprint density at radius 2 is 2.18 bits per heavy atom. The number of ether oxygens (including phenoxy) is 2. The van der Waals surface area contributed by atoms with Crippen molar-refractivity contribution in [3.8, 4) is 11.5 Å². The maximum absolute atomic E-state index is 12.0. The van der Waals surface area contributed by atoms with Gasteiger partial charge in [-0.15, -0.1) is 11.3 Å². The summed E-state index contributed by atoms with van der Waals surface area (Å²) in [7, 11) is 1.46. The molecular formula is C19H17N3O5S. The Morgan fingerprint density at radius 3 is 2.86 bits per heavy atom. The number of nitrogens with one attached hydrogen (secondary N) is 1. The molecule has 0 aliphatic rings. The van der Waals surface area contributed by atoms with Crippen LogP contribution in [0.3, 0.4) is 0 Å². The lowest BCUT2D eigenvalue weighted by Gasteiger charge is -2.08. The van der Waals surface area contributed by atoms with Gasteiger partial charge in [-0.2, -0.15) is 5.10 Å². The number of carbonyl (C=O) groups is 2. The summed E-state index contributed by atoms with van der Waals surface area (Å²) in [5, 5.41) is 6.54. The molecular weight excluding hydrogens is 382 g/mol. The van der Waals surface area contributed by atoms with Crippen molar-refractivity contribution in [2.75, 3.05) is 7.11 Å². The number of hydrogen-bond acceptors (Lipinski definition) is 8. The topological polar surface area (TPSA) is 103 Å². The SMILES string of the molecule is COc1cc(/C=N\NC(=O)Cc2nc(C)cs2)ccc1OC(=O)c1ccco1. The van der Waals surface area contributed by atoms with Crippen molar-refractivity contribution >= 4 is 29.4 Å². The van der Waals surface area contributed by atoms with E-state index in [-0.39, 0.29) is 23.8 Å². The zero-order valence-corrected chi connectivity index (χ0v) is 16.0. The van der Waals surface area contributed by atoms with E-state index in [4.69, 9.17) is 13.9 Å². The van der Waals surface area contributed by atoms with Crippen molar-refractivity contribution in [2.24, 2.45) is 5.10 Å². The Kier molecular flexibility index (Phi) is 6.18. The Labute approximate surface area is 164 Å². The lowest BCUT2D eigenvalue weighted by atomic mass is 10.2. The second-order valence-electron chi connectivity index (χ2n) is 5.63.